The van der Waals surface area contributed by atoms with Crippen LogP contribution in [0.2, 0.25) is 0 Å². The van der Waals surface area contributed by atoms with Gasteiger partial charge in [-0.05, 0) is 32.0 Å². The van der Waals surface area contributed by atoms with E-state index in [0.29, 0.717) is 17.6 Å². The molecule has 2 rings (SSSR count). The zero-order valence-corrected chi connectivity index (χ0v) is 12.0. The first kappa shape index (κ1) is 15.7. The van der Waals surface area contributed by atoms with Crippen molar-refractivity contribution in [1.82, 2.24) is 5.32 Å². The Kier molecular flexibility index (Phi) is 4.55. The lowest BCUT2D eigenvalue weighted by molar-refractivity contribution is -0.136. The van der Waals surface area contributed by atoms with E-state index in [-0.39, 0.29) is 12.2 Å². The number of hydrogen-bond donors (Lipinski definition) is 2. The van der Waals surface area contributed by atoms with Crippen molar-refractivity contribution < 1.29 is 22.8 Å². The molecule has 0 radical (unpaired) electrons. The van der Waals surface area contributed by atoms with Crippen LogP contribution in [0.1, 0.15) is 17.1 Å². The summed E-state index contributed by atoms with van der Waals surface area (Å²) in [5.74, 6) is -2.36. The van der Waals surface area contributed by atoms with E-state index in [1.807, 2.05) is 0 Å². The first-order valence-corrected chi connectivity index (χ1v) is 6.47. The molecule has 116 valence electrons. The van der Waals surface area contributed by atoms with Crippen molar-refractivity contribution in [2.45, 2.75) is 20.4 Å². The van der Waals surface area contributed by atoms with Gasteiger partial charge in [0, 0.05) is 18.2 Å². The molecule has 0 fully saturated rings. The highest BCUT2D eigenvalue weighted by atomic mass is 19.1. The fraction of sp³-hybridized carbons (Fsp3) is 0.200. The van der Waals surface area contributed by atoms with Crippen molar-refractivity contribution in [2.24, 2.45) is 0 Å². The van der Waals surface area contributed by atoms with Crippen LogP contribution in [0.5, 0.6) is 0 Å². The van der Waals surface area contributed by atoms with Crippen LogP contribution in [0, 0.1) is 25.5 Å². The summed E-state index contributed by atoms with van der Waals surface area (Å²) in [5, 5.41) is 4.47. The number of hydrogen-bond acceptors (Lipinski definition) is 3. The molecule has 0 saturated carbocycles. The molecule has 0 spiro atoms. The summed E-state index contributed by atoms with van der Waals surface area (Å²) in [6, 6.07) is 4.38. The lowest BCUT2D eigenvalue weighted by Gasteiger charge is -2.07. The fourth-order valence-corrected chi connectivity index (χ4v) is 1.88. The maximum absolute atomic E-state index is 13.4. The van der Waals surface area contributed by atoms with Crippen LogP contribution in [0.4, 0.5) is 14.5 Å². The summed E-state index contributed by atoms with van der Waals surface area (Å²) in [4.78, 5) is 23.3. The molecule has 0 atom stereocenters. The summed E-state index contributed by atoms with van der Waals surface area (Å²) >= 11 is 0. The van der Waals surface area contributed by atoms with Gasteiger partial charge in [0.15, 0.2) is 0 Å². The molecule has 0 unspecified atom stereocenters. The van der Waals surface area contributed by atoms with Crippen molar-refractivity contribution in [3.05, 3.63) is 53.0 Å². The Morgan fingerprint density at radius 1 is 1.14 bits per heavy atom. The van der Waals surface area contributed by atoms with E-state index in [4.69, 9.17) is 4.42 Å². The number of furan rings is 1. The monoisotopic (exact) mass is 308 g/mol. The van der Waals surface area contributed by atoms with Crippen LogP contribution in [0.15, 0.2) is 28.7 Å². The van der Waals surface area contributed by atoms with Gasteiger partial charge in [-0.2, -0.15) is 0 Å². The quantitative estimate of drug-likeness (QED) is 0.856. The van der Waals surface area contributed by atoms with Crippen LogP contribution in [-0.2, 0) is 16.1 Å². The predicted octanol–water partition coefficient (Wildman–Crippen LogP) is 2.43. The van der Waals surface area contributed by atoms with Gasteiger partial charge in [-0.3, -0.25) is 9.59 Å². The Balaban J connectivity index is 1.95. The number of nitrogens with one attached hydrogen (secondary N) is 2. The zero-order valence-electron chi connectivity index (χ0n) is 12.0. The first-order valence-electron chi connectivity index (χ1n) is 6.47. The van der Waals surface area contributed by atoms with Gasteiger partial charge in [-0.25, -0.2) is 8.78 Å². The molecular formula is C15H14F2N2O3. The normalized spacial score (nSPS) is 10.4. The third-order valence-corrected chi connectivity index (χ3v) is 2.97. The van der Waals surface area contributed by atoms with Crippen LogP contribution in [0.25, 0.3) is 0 Å². The maximum atomic E-state index is 13.4. The summed E-state index contributed by atoms with van der Waals surface area (Å²) in [6.07, 6.45) is 0. The van der Waals surface area contributed by atoms with Gasteiger partial charge in [0.2, 0.25) is 0 Å². The largest absolute Gasteiger partial charge is 0.466 e. The molecular weight excluding hydrogens is 294 g/mol. The molecule has 0 saturated heterocycles. The predicted molar refractivity (Wildman–Crippen MR) is 75.0 cm³/mol. The highest BCUT2D eigenvalue weighted by Gasteiger charge is 2.16. The molecule has 2 N–H and O–H groups in total. The van der Waals surface area contributed by atoms with Crippen molar-refractivity contribution >= 4 is 17.5 Å². The van der Waals surface area contributed by atoms with Gasteiger partial charge in [0.1, 0.15) is 23.2 Å². The van der Waals surface area contributed by atoms with Gasteiger partial charge in [-0.15, -0.1) is 0 Å². The minimum atomic E-state index is -1.04. The summed E-state index contributed by atoms with van der Waals surface area (Å²) in [5.41, 5.74) is 0.475. The third-order valence-electron chi connectivity index (χ3n) is 2.97. The van der Waals surface area contributed by atoms with E-state index in [1.165, 1.54) is 0 Å². The van der Waals surface area contributed by atoms with Gasteiger partial charge in [-0.1, -0.05) is 0 Å². The minimum Gasteiger partial charge on any atom is -0.466 e. The first-order chi connectivity index (χ1) is 10.4. The number of rotatable bonds is 3. The fourth-order valence-electron chi connectivity index (χ4n) is 1.88. The van der Waals surface area contributed by atoms with E-state index in [1.54, 1.807) is 19.9 Å². The zero-order chi connectivity index (χ0) is 16.3. The van der Waals surface area contributed by atoms with Crippen molar-refractivity contribution in [3.63, 3.8) is 0 Å². The summed E-state index contributed by atoms with van der Waals surface area (Å²) < 4.78 is 31.4. The lowest BCUT2D eigenvalue weighted by Crippen LogP contribution is -2.35. The number of aryl methyl sites for hydroxylation is 2. The third kappa shape index (κ3) is 3.69. The number of anilines is 1. The van der Waals surface area contributed by atoms with E-state index in [9.17, 15) is 18.4 Å². The molecule has 1 aromatic heterocycles. The molecule has 2 amide bonds. The van der Waals surface area contributed by atoms with Crippen LogP contribution in [0.3, 0.4) is 0 Å². The number of amides is 2. The molecule has 0 aliphatic carbocycles. The Labute approximate surface area is 125 Å². The molecule has 22 heavy (non-hydrogen) atoms. The van der Waals surface area contributed by atoms with E-state index >= 15 is 0 Å². The Bertz CT molecular complexity index is 726. The second-order valence-corrected chi connectivity index (χ2v) is 4.70. The molecule has 7 heteroatoms. The summed E-state index contributed by atoms with van der Waals surface area (Å²) in [7, 11) is 0. The number of carbonyl (C=O) groups excluding carboxylic acids is 2. The van der Waals surface area contributed by atoms with Crippen LogP contribution < -0.4 is 10.6 Å². The van der Waals surface area contributed by atoms with Gasteiger partial charge in [0.25, 0.3) is 0 Å². The van der Waals surface area contributed by atoms with Crippen LogP contribution in [-0.4, -0.2) is 11.8 Å². The second kappa shape index (κ2) is 6.38. The molecule has 0 bridgehead atoms. The Hall–Kier alpha value is -2.70. The number of halogens is 2. The van der Waals surface area contributed by atoms with E-state index < -0.39 is 23.4 Å². The smallest absolute Gasteiger partial charge is 0.313 e. The maximum Gasteiger partial charge on any atom is 0.313 e. The molecule has 2 aromatic rings. The lowest BCUT2D eigenvalue weighted by atomic mass is 10.2. The Morgan fingerprint density at radius 3 is 2.45 bits per heavy atom. The molecule has 1 heterocycles. The van der Waals surface area contributed by atoms with Crippen molar-refractivity contribution in [3.8, 4) is 0 Å². The average molecular weight is 308 g/mol. The molecule has 1 aromatic carbocycles. The van der Waals surface area contributed by atoms with Crippen molar-refractivity contribution in [1.29, 1.82) is 0 Å². The molecule has 0 aliphatic heterocycles. The van der Waals surface area contributed by atoms with Gasteiger partial charge < -0.3 is 15.1 Å². The highest BCUT2D eigenvalue weighted by Crippen LogP contribution is 2.15. The topological polar surface area (TPSA) is 71.3 Å². The second-order valence-electron chi connectivity index (χ2n) is 4.70. The van der Waals surface area contributed by atoms with E-state index in [0.717, 1.165) is 17.7 Å². The minimum absolute atomic E-state index is 0.112. The molecule has 0 aliphatic rings. The van der Waals surface area contributed by atoms with Gasteiger partial charge in [0.05, 0.1) is 5.69 Å². The standard InChI is InChI=1S/C15H14F2N2O3/c1-8-5-10(9(2)22-8)7-18-14(20)15(21)19-13-4-3-11(16)6-12(13)17/h3-6H,7H2,1-2H3,(H,18,20)(H,19,21). The number of carbonyl (C=O) groups is 2. The highest BCUT2D eigenvalue weighted by molar-refractivity contribution is 6.39. The van der Waals surface area contributed by atoms with Gasteiger partial charge >= 0.3 is 11.8 Å². The van der Waals surface area contributed by atoms with Crippen molar-refractivity contribution in [2.75, 3.05) is 5.32 Å². The van der Waals surface area contributed by atoms with E-state index in [2.05, 4.69) is 10.6 Å². The van der Waals surface area contributed by atoms with Crippen LogP contribution >= 0.6 is 0 Å². The number of benzene rings is 1. The molecule has 5 nitrogen and oxygen atoms in total. The SMILES string of the molecule is Cc1cc(CNC(=O)C(=O)Nc2ccc(F)cc2F)c(C)o1. The summed E-state index contributed by atoms with van der Waals surface area (Å²) in [6.45, 7) is 3.62. The Morgan fingerprint density at radius 2 is 1.86 bits per heavy atom. The average Bonchev–Trinajstić information content (AvgIpc) is 2.77.